The van der Waals surface area contributed by atoms with Crippen LogP contribution in [0.2, 0.25) is 0 Å². The van der Waals surface area contributed by atoms with Gasteiger partial charge in [-0.05, 0) is 52.4 Å². The van der Waals surface area contributed by atoms with Crippen LogP contribution in [-0.2, 0) is 9.47 Å². The molecule has 134 valence electrons. The molecule has 0 aromatic rings. The minimum atomic E-state index is -0.436. The number of alkyl carbamates (subject to hydrolysis) is 1. The van der Waals surface area contributed by atoms with E-state index in [0.717, 1.165) is 19.6 Å². The van der Waals surface area contributed by atoms with Crippen LogP contribution in [0.4, 0.5) is 4.79 Å². The quantitative estimate of drug-likeness (QED) is 0.705. The molecular weight excluding hydrogens is 292 g/mol. The van der Waals surface area contributed by atoms with Crippen molar-refractivity contribution >= 4 is 6.09 Å². The zero-order chi connectivity index (χ0) is 16.7. The highest BCUT2D eigenvalue weighted by atomic mass is 16.6. The van der Waals surface area contributed by atoms with Crippen LogP contribution in [0, 0.1) is 5.92 Å². The Balaban J connectivity index is 1.59. The average Bonchev–Trinajstić information content (AvgIpc) is 3.11. The minimum Gasteiger partial charge on any atom is -0.444 e. The first-order chi connectivity index (χ1) is 10.9. The van der Waals surface area contributed by atoms with Gasteiger partial charge in [0.2, 0.25) is 0 Å². The van der Waals surface area contributed by atoms with E-state index in [-0.39, 0.29) is 6.09 Å². The van der Waals surface area contributed by atoms with Crippen LogP contribution >= 0.6 is 0 Å². The topological polar surface area (TPSA) is 59.6 Å². The molecule has 23 heavy (non-hydrogen) atoms. The lowest BCUT2D eigenvalue weighted by molar-refractivity contribution is 0.0509. The molecule has 0 spiro atoms. The fraction of sp³-hybridized carbons (Fsp3) is 0.944. The van der Waals surface area contributed by atoms with Gasteiger partial charge < -0.3 is 20.1 Å². The lowest BCUT2D eigenvalue weighted by Crippen LogP contribution is -2.42. The Morgan fingerprint density at radius 1 is 1.09 bits per heavy atom. The number of rotatable bonds is 7. The zero-order valence-electron chi connectivity index (χ0n) is 15.0. The van der Waals surface area contributed by atoms with E-state index < -0.39 is 5.60 Å². The fourth-order valence-corrected chi connectivity index (χ4v) is 3.60. The van der Waals surface area contributed by atoms with Gasteiger partial charge in [0.05, 0.1) is 12.7 Å². The molecule has 0 saturated heterocycles. The van der Waals surface area contributed by atoms with Crippen LogP contribution in [-0.4, -0.2) is 43.5 Å². The predicted octanol–water partition coefficient (Wildman–Crippen LogP) is 3.23. The van der Waals surface area contributed by atoms with Gasteiger partial charge in [0.15, 0.2) is 0 Å². The van der Waals surface area contributed by atoms with E-state index in [9.17, 15) is 4.79 Å². The van der Waals surface area contributed by atoms with Crippen molar-refractivity contribution in [2.75, 3.05) is 19.7 Å². The largest absolute Gasteiger partial charge is 0.444 e. The van der Waals surface area contributed by atoms with E-state index in [0.29, 0.717) is 24.6 Å². The van der Waals surface area contributed by atoms with Gasteiger partial charge in [-0.15, -0.1) is 0 Å². The van der Waals surface area contributed by atoms with Crippen molar-refractivity contribution in [2.45, 2.75) is 83.5 Å². The van der Waals surface area contributed by atoms with E-state index in [2.05, 4.69) is 10.6 Å². The highest BCUT2D eigenvalue weighted by Gasteiger charge is 2.27. The summed E-state index contributed by atoms with van der Waals surface area (Å²) >= 11 is 0. The predicted molar refractivity (Wildman–Crippen MR) is 91.6 cm³/mol. The van der Waals surface area contributed by atoms with Gasteiger partial charge in [-0.3, -0.25) is 0 Å². The molecule has 2 atom stereocenters. The second kappa shape index (κ2) is 8.88. The first-order valence-electron chi connectivity index (χ1n) is 9.26. The summed E-state index contributed by atoms with van der Waals surface area (Å²) in [5.74, 6) is 0.494. The molecule has 0 aromatic heterocycles. The Bertz CT molecular complexity index is 362. The van der Waals surface area contributed by atoms with E-state index in [1.54, 1.807) is 0 Å². The lowest BCUT2D eigenvalue weighted by atomic mass is 10.0. The zero-order valence-corrected chi connectivity index (χ0v) is 15.0. The van der Waals surface area contributed by atoms with Crippen LogP contribution < -0.4 is 10.6 Å². The molecule has 0 heterocycles. The van der Waals surface area contributed by atoms with Gasteiger partial charge in [-0.25, -0.2) is 4.79 Å². The maximum Gasteiger partial charge on any atom is 0.407 e. The van der Waals surface area contributed by atoms with Gasteiger partial charge in [0, 0.05) is 19.1 Å². The molecule has 5 heteroatoms. The van der Waals surface area contributed by atoms with Crippen LogP contribution in [0.1, 0.15) is 65.7 Å². The summed E-state index contributed by atoms with van der Waals surface area (Å²) in [7, 11) is 0. The van der Waals surface area contributed by atoms with Crippen molar-refractivity contribution in [3.05, 3.63) is 0 Å². The molecule has 0 radical (unpaired) electrons. The highest BCUT2D eigenvalue weighted by Crippen LogP contribution is 2.25. The second-order valence-corrected chi connectivity index (χ2v) is 7.91. The summed E-state index contributed by atoms with van der Waals surface area (Å²) in [5.41, 5.74) is -0.436. The Labute approximate surface area is 140 Å². The van der Waals surface area contributed by atoms with E-state index in [4.69, 9.17) is 9.47 Å². The maximum absolute atomic E-state index is 11.8. The summed E-state index contributed by atoms with van der Waals surface area (Å²) in [5, 5.41) is 6.52. The Hall–Kier alpha value is -0.810. The number of carbonyl (C=O) groups is 1. The van der Waals surface area contributed by atoms with E-state index in [1.807, 2.05) is 20.8 Å². The standard InChI is InChI=1S/C18H34N2O3/c1-18(2,3)23-17(21)20-13-14-7-6-10-16(14)19-11-12-22-15-8-4-5-9-15/h14-16,19H,4-13H2,1-3H3,(H,20,21). The molecule has 0 bridgehead atoms. The minimum absolute atomic E-state index is 0.312. The van der Waals surface area contributed by atoms with E-state index in [1.165, 1.54) is 38.5 Å². The third kappa shape index (κ3) is 7.08. The van der Waals surface area contributed by atoms with Gasteiger partial charge in [0.25, 0.3) is 0 Å². The first-order valence-corrected chi connectivity index (χ1v) is 9.26. The molecule has 1 amide bonds. The van der Waals surface area contributed by atoms with E-state index >= 15 is 0 Å². The number of hydrogen-bond donors (Lipinski definition) is 2. The first kappa shape index (κ1) is 18.5. The SMILES string of the molecule is CC(C)(C)OC(=O)NCC1CCCC1NCCOC1CCCC1. The molecule has 2 fully saturated rings. The summed E-state index contributed by atoms with van der Waals surface area (Å²) in [4.78, 5) is 11.8. The summed E-state index contributed by atoms with van der Waals surface area (Å²) in [6.07, 6.45) is 8.84. The van der Waals surface area contributed by atoms with Crippen molar-refractivity contribution in [3.63, 3.8) is 0 Å². The molecule has 0 aliphatic heterocycles. The van der Waals surface area contributed by atoms with Crippen LogP contribution in [0.3, 0.4) is 0 Å². The van der Waals surface area contributed by atoms with Gasteiger partial charge in [-0.1, -0.05) is 19.3 Å². The number of ether oxygens (including phenoxy) is 2. The maximum atomic E-state index is 11.8. The van der Waals surface area contributed by atoms with Crippen molar-refractivity contribution in [1.82, 2.24) is 10.6 Å². The Kier molecular flexibility index (Phi) is 7.15. The molecule has 2 aliphatic carbocycles. The second-order valence-electron chi connectivity index (χ2n) is 7.91. The third-order valence-corrected chi connectivity index (χ3v) is 4.73. The molecule has 2 aliphatic rings. The van der Waals surface area contributed by atoms with Crippen molar-refractivity contribution in [1.29, 1.82) is 0 Å². The van der Waals surface area contributed by atoms with Crippen LogP contribution in [0.15, 0.2) is 0 Å². The van der Waals surface area contributed by atoms with Gasteiger partial charge >= 0.3 is 6.09 Å². The third-order valence-electron chi connectivity index (χ3n) is 4.73. The molecule has 2 unspecified atom stereocenters. The van der Waals surface area contributed by atoms with Crippen molar-refractivity contribution < 1.29 is 14.3 Å². The molecule has 5 nitrogen and oxygen atoms in total. The molecule has 0 aromatic carbocycles. The number of carbonyl (C=O) groups excluding carboxylic acids is 1. The number of nitrogens with one attached hydrogen (secondary N) is 2. The fourth-order valence-electron chi connectivity index (χ4n) is 3.60. The van der Waals surface area contributed by atoms with Gasteiger partial charge in [-0.2, -0.15) is 0 Å². The smallest absolute Gasteiger partial charge is 0.407 e. The normalized spacial score (nSPS) is 25.7. The Morgan fingerprint density at radius 2 is 1.83 bits per heavy atom. The average molecular weight is 326 g/mol. The molecule has 2 rings (SSSR count). The Morgan fingerprint density at radius 3 is 2.52 bits per heavy atom. The summed E-state index contributed by atoms with van der Waals surface area (Å²) < 4.78 is 11.2. The summed E-state index contributed by atoms with van der Waals surface area (Å²) in [6, 6.07) is 0.483. The van der Waals surface area contributed by atoms with Crippen molar-refractivity contribution in [2.24, 2.45) is 5.92 Å². The monoisotopic (exact) mass is 326 g/mol. The van der Waals surface area contributed by atoms with Crippen LogP contribution in [0.25, 0.3) is 0 Å². The highest BCUT2D eigenvalue weighted by molar-refractivity contribution is 5.67. The number of amides is 1. The molecule has 2 N–H and O–H groups in total. The summed E-state index contributed by atoms with van der Waals surface area (Å²) in [6.45, 7) is 8.05. The molecule has 2 saturated carbocycles. The van der Waals surface area contributed by atoms with Gasteiger partial charge in [0.1, 0.15) is 5.60 Å². The van der Waals surface area contributed by atoms with Crippen LogP contribution in [0.5, 0.6) is 0 Å². The number of hydrogen-bond acceptors (Lipinski definition) is 4. The lowest BCUT2D eigenvalue weighted by Gasteiger charge is -2.24. The van der Waals surface area contributed by atoms with Crippen molar-refractivity contribution in [3.8, 4) is 0 Å². The molecular formula is C18H34N2O3.